The van der Waals surface area contributed by atoms with Gasteiger partial charge in [-0.05, 0) is 6.92 Å². The quantitative estimate of drug-likeness (QED) is 0.553. The monoisotopic (exact) mass is 150 g/mol. The normalized spacial score (nSPS) is 10.6. The second-order valence-electron chi connectivity index (χ2n) is 2.25. The van der Waals surface area contributed by atoms with Crippen molar-refractivity contribution in [3.63, 3.8) is 0 Å². The zero-order valence-electron chi connectivity index (χ0n) is 5.88. The zero-order chi connectivity index (χ0) is 7.84. The molecule has 11 heavy (non-hydrogen) atoms. The number of H-pyrrole nitrogens is 2. The van der Waals surface area contributed by atoms with Crippen LogP contribution in [-0.4, -0.2) is 19.9 Å². The third-order valence-corrected chi connectivity index (χ3v) is 1.41. The molecule has 5 nitrogen and oxygen atoms in total. The largest absolute Gasteiger partial charge is 0.327 e. The molecule has 56 valence electrons. The van der Waals surface area contributed by atoms with Crippen LogP contribution in [0.25, 0.3) is 11.2 Å². The number of imidazole rings is 1. The Morgan fingerprint density at radius 2 is 2.36 bits per heavy atom. The number of aromatic amines is 2. The van der Waals surface area contributed by atoms with Gasteiger partial charge in [-0.1, -0.05) is 0 Å². The Kier molecular flexibility index (Phi) is 1.06. The molecule has 0 spiro atoms. The molecule has 0 aliphatic heterocycles. The van der Waals surface area contributed by atoms with Crippen LogP contribution in [0.4, 0.5) is 0 Å². The van der Waals surface area contributed by atoms with Crippen molar-refractivity contribution in [3.8, 4) is 0 Å². The molecular formula is C6H6N4O. The number of nitrogens with zero attached hydrogens (tertiary/aromatic N) is 2. The van der Waals surface area contributed by atoms with Gasteiger partial charge in [0.1, 0.15) is 5.82 Å². The third kappa shape index (κ3) is 0.813. The average Bonchev–Trinajstić information content (AvgIpc) is 2.31. The van der Waals surface area contributed by atoms with Crippen molar-refractivity contribution < 1.29 is 0 Å². The van der Waals surface area contributed by atoms with Crippen LogP contribution in [0.5, 0.6) is 0 Å². The van der Waals surface area contributed by atoms with Crippen LogP contribution >= 0.6 is 0 Å². The summed E-state index contributed by atoms with van der Waals surface area (Å²) < 4.78 is 0. The van der Waals surface area contributed by atoms with Crippen molar-refractivity contribution in [2.45, 2.75) is 6.92 Å². The number of nitrogens with one attached hydrogen (secondary N) is 2. The van der Waals surface area contributed by atoms with Crippen molar-refractivity contribution in [3.05, 3.63) is 22.5 Å². The van der Waals surface area contributed by atoms with Gasteiger partial charge >= 0.3 is 0 Å². The standard InChI is InChI=1S/C6H6N4O/c1-3-9-4-5(10-3)7-2-8-6(4)11/h2H,1H3,(H2,7,8,9,10,11). The lowest BCUT2D eigenvalue weighted by atomic mass is 10.6. The summed E-state index contributed by atoms with van der Waals surface area (Å²) in [5.41, 5.74) is 0.690. The molecule has 0 amide bonds. The minimum Gasteiger partial charge on any atom is -0.327 e. The van der Waals surface area contributed by atoms with E-state index in [0.29, 0.717) is 17.0 Å². The third-order valence-electron chi connectivity index (χ3n) is 1.41. The molecule has 5 heteroatoms. The summed E-state index contributed by atoms with van der Waals surface area (Å²) in [4.78, 5) is 24.1. The number of hydrogen-bond donors (Lipinski definition) is 2. The predicted octanol–water partition coefficient (Wildman–Crippen LogP) is -0.0454. The van der Waals surface area contributed by atoms with Gasteiger partial charge in [0.25, 0.3) is 5.56 Å². The van der Waals surface area contributed by atoms with Crippen molar-refractivity contribution in [2.24, 2.45) is 0 Å². The number of rotatable bonds is 0. The molecule has 0 fully saturated rings. The van der Waals surface area contributed by atoms with Gasteiger partial charge in [-0.2, -0.15) is 0 Å². The number of hydrogen-bond acceptors (Lipinski definition) is 3. The topological polar surface area (TPSA) is 74.4 Å². The SMILES string of the molecule is Cc1nc2c(=O)[nH]cnc2[nH]1. The molecule has 0 bridgehead atoms. The molecule has 2 N–H and O–H groups in total. The van der Waals surface area contributed by atoms with E-state index < -0.39 is 0 Å². The van der Waals surface area contributed by atoms with Gasteiger partial charge in [-0.3, -0.25) is 4.79 Å². The molecule has 0 aromatic carbocycles. The Labute approximate surface area is 61.5 Å². The molecular weight excluding hydrogens is 144 g/mol. The van der Waals surface area contributed by atoms with Crippen molar-refractivity contribution in [2.75, 3.05) is 0 Å². The molecule has 0 atom stereocenters. The number of fused-ring (bicyclic) bond motifs is 1. The second-order valence-corrected chi connectivity index (χ2v) is 2.25. The summed E-state index contributed by atoms with van der Waals surface area (Å²) in [6.45, 7) is 1.78. The molecule has 2 rings (SSSR count). The van der Waals surface area contributed by atoms with Gasteiger partial charge in [0.05, 0.1) is 6.33 Å². The Morgan fingerprint density at radius 1 is 1.55 bits per heavy atom. The summed E-state index contributed by atoms with van der Waals surface area (Å²) >= 11 is 0. The lowest BCUT2D eigenvalue weighted by Crippen LogP contribution is -2.05. The van der Waals surface area contributed by atoms with Crippen molar-refractivity contribution in [1.82, 2.24) is 19.9 Å². The van der Waals surface area contributed by atoms with Crippen LogP contribution < -0.4 is 5.56 Å². The van der Waals surface area contributed by atoms with Gasteiger partial charge in [0, 0.05) is 0 Å². The van der Waals surface area contributed by atoms with E-state index in [0.717, 1.165) is 0 Å². The first-order chi connectivity index (χ1) is 5.27. The summed E-state index contributed by atoms with van der Waals surface area (Å²) in [6.07, 6.45) is 1.35. The molecule has 0 aliphatic carbocycles. The second kappa shape index (κ2) is 1.91. The van der Waals surface area contributed by atoms with E-state index in [1.807, 2.05) is 0 Å². The van der Waals surface area contributed by atoms with E-state index in [1.165, 1.54) is 6.33 Å². The molecule has 2 heterocycles. The molecule has 0 saturated heterocycles. The smallest absolute Gasteiger partial charge is 0.278 e. The molecule has 2 aromatic heterocycles. The van der Waals surface area contributed by atoms with Crippen LogP contribution in [-0.2, 0) is 0 Å². The maximum Gasteiger partial charge on any atom is 0.278 e. The first-order valence-electron chi connectivity index (χ1n) is 3.17. The maximum atomic E-state index is 11.0. The van der Waals surface area contributed by atoms with E-state index in [4.69, 9.17) is 0 Å². The van der Waals surface area contributed by atoms with E-state index >= 15 is 0 Å². The minimum atomic E-state index is -0.209. The average molecular weight is 150 g/mol. The van der Waals surface area contributed by atoms with Crippen LogP contribution in [0, 0.1) is 6.92 Å². The molecule has 0 unspecified atom stereocenters. The van der Waals surface area contributed by atoms with Crippen molar-refractivity contribution in [1.29, 1.82) is 0 Å². The van der Waals surface area contributed by atoms with Gasteiger partial charge < -0.3 is 9.97 Å². The fraction of sp³-hybridized carbons (Fsp3) is 0.167. The molecule has 2 aromatic rings. The summed E-state index contributed by atoms with van der Waals surface area (Å²) in [6, 6.07) is 0. The van der Waals surface area contributed by atoms with Crippen LogP contribution in [0.15, 0.2) is 11.1 Å². The summed E-state index contributed by atoms with van der Waals surface area (Å²) in [7, 11) is 0. The van der Waals surface area contributed by atoms with Crippen molar-refractivity contribution >= 4 is 11.2 Å². The number of aryl methyl sites for hydroxylation is 1. The Balaban J connectivity index is 3.02. The van der Waals surface area contributed by atoms with Crippen LogP contribution in [0.1, 0.15) is 5.82 Å². The van der Waals surface area contributed by atoms with E-state index in [9.17, 15) is 4.79 Å². The van der Waals surface area contributed by atoms with Crippen LogP contribution in [0.3, 0.4) is 0 Å². The highest BCUT2D eigenvalue weighted by Gasteiger charge is 2.01. The van der Waals surface area contributed by atoms with E-state index in [2.05, 4.69) is 19.9 Å². The molecule has 0 aliphatic rings. The highest BCUT2D eigenvalue weighted by Crippen LogP contribution is 1.99. The minimum absolute atomic E-state index is 0.209. The fourth-order valence-electron chi connectivity index (χ4n) is 0.955. The molecule has 0 radical (unpaired) electrons. The van der Waals surface area contributed by atoms with Gasteiger partial charge in [0.15, 0.2) is 11.2 Å². The van der Waals surface area contributed by atoms with E-state index in [1.54, 1.807) is 6.92 Å². The van der Waals surface area contributed by atoms with Gasteiger partial charge in [-0.15, -0.1) is 0 Å². The Morgan fingerprint density at radius 3 is 3.09 bits per heavy atom. The Hall–Kier alpha value is -1.65. The first-order valence-corrected chi connectivity index (χ1v) is 3.17. The first kappa shape index (κ1) is 6.09. The lowest BCUT2D eigenvalue weighted by Gasteiger charge is -1.81. The number of aromatic nitrogens is 4. The van der Waals surface area contributed by atoms with E-state index in [-0.39, 0.29) is 5.56 Å². The lowest BCUT2D eigenvalue weighted by molar-refractivity contribution is 1.15. The predicted molar refractivity (Wildman–Crippen MR) is 39.2 cm³/mol. The van der Waals surface area contributed by atoms with Gasteiger partial charge in [-0.25, -0.2) is 9.97 Å². The summed E-state index contributed by atoms with van der Waals surface area (Å²) in [5.74, 6) is 0.698. The van der Waals surface area contributed by atoms with Crippen LogP contribution in [0.2, 0.25) is 0 Å². The Bertz CT molecular complexity index is 441. The zero-order valence-corrected chi connectivity index (χ0v) is 5.88. The van der Waals surface area contributed by atoms with Gasteiger partial charge in [0.2, 0.25) is 0 Å². The summed E-state index contributed by atoms with van der Waals surface area (Å²) in [5, 5.41) is 0. The highest BCUT2D eigenvalue weighted by atomic mass is 16.1. The fourth-order valence-corrected chi connectivity index (χ4v) is 0.955. The highest BCUT2D eigenvalue weighted by molar-refractivity contribution is 5.68. The maximum absolute atomic E-state index is 11.0. The molecule has 0 saturated carbocycles.